The predicted molar refractivity (Wildman–Crippen MR) is 75.9 cm³/mol. The van der Waals surface area contributed by atoms with Gasteiger partial charge in [0.1, 0.15) is 11.3 Å². The highest BCUT2D eigenvalue weighted by atomic mass is 35.5. The van der Waals surface area contributed by atoms with E-state index in [1.54, 1.807) is 0 Å². The quantitative estimate of drug-likeness (QED) is 0.798. The summed E-state index contributed by atoms with van der Waals surface area (Å²) < 4.78 is 11.2. The summed E-state index contributed by atoms with van der Waals surface area (Å²) in [6.07, 6.45) is 1.60. The maximum Gasteiger partial charge on any atom is 0.144 e. The molecule has 1 saturated heterocycles. The van der Waals surface area contributed by atoms with Crippen LogP contribution in [0.25, 0.3) is 0 Å². The van der Waals surface area contributed by atoms with Crippen molar-refractivity contribution < 1.29 is 9.47 Å². The second-order valence-corrected chi connectivity index (χ2v) is 5.55. The molecule has 0 saturated carbocycles. The lowest BCUT2D eigenvalue weighted by Gasteiger charge is -2.40. The van der Waals surface area contributed by atoms with E-state index in [0.717, 1.165) is 31.5 Å². The number of hydrogen-bond donors (Lipinski definition) is 0. The minimum atomic E-state index is -0.652. The van der Waals surface area contributed by atoms with E-state index >= 15 is 0 Å². The molecule has 0 spiro atoms. The van der Waals surface area contributed by atoms with Gasteiger partial charge in [0.15, 0.2) is 0 Å². The van der Waals surface area contributed by atoms with Crippen LogP contribution in [0.5, 0.6) is 5.75 Å². The Morgan fingerprint density at radius 2 is 2.05 bits per heavy atom. The fourth-order valence-electron chi connectivity index (χ4n) is 3.08. The number of para-hydroxylation sites is 1. The third-order valence-electron chi connectivity index (χ3n) is 4.08. The number of hydrogen-bond acceptors (Lipinski definition) is 4. The number of ether oxygens (including phenoxy) is 2. The molecule has 2 aliphatic heterocycles. The molecule has 106 valence electrons. The Bertz CT molecular complexity index is 537. The van der Waals surface area contributed by atoms with E-state index in [1.807, 2.05) is 18.2 Å². The lowest BCUT2D eigenvalue weighted by atomic mass is 9.84. The second kappa shape index (κ2) is 5.61. The minimum Gasteiger partial charge on any atom is -0.492 e. The van der Waals surface area contributed by atoms with Crippen LogP contribution >= 0.6 is 11.6 Å². The third kappa shape index (κ3) is 2.16. The molecule has 4 nitrogen and oxygen atoms in total. The van der Waals surface area contributed by atoms with Crippen molar-refractivity contribution in [1.29, 1.82) is 5.26 Å². The molecule has 0 amide bonds. The van der Waals surface area contributed by atoms with Gasteiger partial charge in [-0.25, -0.2) is 0 Å². The molecule has 0 aliphatic carbocycles. The summed E-state index contributed by atoms with van der Waals surface area (Å²) >= 11 is 6.26. The SMILES string of the molecule is N#CC1(N2CCOCC2)CCCOc2c(Cl)cccc21. The fraction of sp³-hybridized carbons (Fsp3) is 0.533. The average Bonchev–Trinajstić information content (AvgIpc) is 2.69. The second-order valence-electron chi connectivity index (χ2n) is 5.14. The summed E-state index contributed by atoms with van der Waals surface area (Å²) in [4.78, 5) is 2.21. The normalized spacial score (nSPS) is 27.0. The largest absolute Gasteiger partial charge is 0.492 e. The summed E-state index contributed by atoms with van der Waals surface area (Å²) in [6.45, 7) is 3.46. The van der Waals surface area contributed by atoms with Crippen molar-refractivity contribution in [2.45, 2.75) is 18.4 Å². The van der Waals surface area contributed by atoms with Crippen LogP contribution in [-0.4, -0.2) is 37.8 Å². The van der Waals surface area contributed by atoms with E-state index in [4.69, 9.17) is 21.1 Å². The Kier molecular flexibility index (Phi) is 3.84. The molecule has 1 fully saturated rings. The van der Waals surface area contributed by atoms with Gasteiger partial charge in [-0.3, -0.25) is 4.90 Å². The Morgan fingerprint density at radius 1 is 1.25 bits per heavy atom. The first-order valence-electron chi connectivity index (χ1n) is 6.94. The molecule has 2 heterocycles. The van der Waals surface area contributed by atoms with Gasteiger partial charge in [0, 0.05) is 18.7 Å². The van der Waals surface area contributed by atoms with Gasteiger partial charge in [-0.15, -0.1) is 0 Å². The number of fused-ring (bicyclic) bond motifs is 1. The van der Waals surface area contributed by atoms with Gasteiger partial charge in [0.05, 0.1) is 30.9 Å². The van der Waals surface area contributed by atoms with Crippen LogP contribution in [0, 0.1) is 11.3 Å². The summed E-state index contributed by atoms with van der Waals surface area (Å²) in [5, 5.41) is 10.5. The van der Waals surface area contributed by atoms with Crippen LogP contribution in [0.1, 0.15) is 18.4 Å². The summed E-state index contributed by atoms with van der Waals surface area (Å²) in [6, 6.07) is 8.21. The van der Waals surface area contributed by atoms with Gasteiger partial charge in [-0.05, 0) is 18.9 Å². The molecule has 1 unspecified atom stereocenters. The lowest BCUT2D eigenvalue weighted by Crippen LogP contribution is -2.50. The average molecular weight is 293 g/mol. The summed E-state index contributed by atoms with van der Waals surface area (Å²) in [5.41, 5.74) is 0.243. The summed E-state index contributed by atoms with van der Waals surface area (Å²) in [5.74, 6) is 0.666. The standard InChI is InChI=1S/C15H17ClN2O2/c16-13-4-1-3-12-14(13)20-8-2-5-15(12,11-17)18-6-9-19-10-7-18/h1,3-4H,2,5-10H2. The molecule has 1 atom stereocenters. The van der Waals surface area contributed by atoms with Crippen molar-refractivity contribution in [1.82, 2.24) is 4.90 Å². The maximum absolute atomic E-state index is 9.93. The smallest absolute Gasteiger partial charge is 0.144 e. The molecule has 3 rings (SSSR count). The highest BCUT2D eigenvalue weighted by Crippen LogP contribution is 2.43. The van der Waals surface area contributed by atoms with Crippen LogP contribution in [0.4, 0.5) is 0 Å². The molecule has 0 radical (unpaired) electrons. The van der Waals surface area contributed by atoms with Gasteiger partial charge in [-0.1, -0.05) is 23.7 Å². The van der Waals surface area contributed by atoms with Crippen LogP contribution in [0.2, 0.25) is 5.02 Å². The number of rotatable bonds is 1. The molecule has 0 bridgehead atoms. The monoisotopic (exact) mass is 292 g/mol. The zero-order valence-electron chi connectivity index (χ0n) is 11.3. The van der Waals surface area contributed by atoms with Crippen LogP contribution in [0.15, 0.2) is 18.2 Å². The van der Waals surface area contributed by atoms with Crippen LogP contribution in [0.3, 0.4) is 0 Å². The molecule has 1 aromatic carbocycles. The fourth-order valence-corrected chi connectivity index (χ4v) is 3.31. The molecule has 0 aromatic heterocycles. The number of halogens is 1. The highest BCUT2D eigenvalue weighted by Gasteiger charge is 2.43. The number of nitriles is 1. The van der Waals surface area contributed by atoms with Crippen molar-refractivity contribution in [3.63, 3.8) is 0 Å². The maximum atomic E-state index is 9.93. The third-order valence-corrected chi connectivity index (χ3v) is 4.38. The van der Waals surface area contributed by atoms with Gasteiger partial charge < -0.3 is 9.47 Å². The van der Waals surface area contributed by atoms with Crippen molar-refractivity contribution in [2.24, 2.45) is 0 Å². The predicted octanol–water partition coefficient (Wildman–Crippen LogP) is 2.56. The van der Waals surface area contributed by atoms with Gasteiger partial charge >= 0.3 is 0 Å². The van der Waals surface area contributed by atoms with E-state index in [9.17, 15) is 5.26 Å². The lowest BCUT2D eigenvalue weighted by molar-refractivity contribution is -0.00762. The first-order valence-corrected chi connectivity index (χ1v) is 7.31. The zero-order chi connectivity index (χ0) is 14.0. The van der Waals surface area contributed by atoms with Gasteiger partial charge in [0.2, 0.25) is 0 Å². The molecule has 5 heteroatoms. The number of morpholine rings is 1. The van der Waals surface area contributed by atoms with E-state index in [0.29, 0.717) is 30.6 Å². The molecule has 20 heavy (non-hydrogen) atoms. The van der Waals surface area contributed by atoms with Crippen LogP contribution in [-0.2, 0) is 10.3 Å². The van der Waals surface area contributed by atoms with E-state index < -0.39 is 5.54 Å². The Labute approximate surface area is 123 Å². The topological polar surface area (TPSA) is 45.5 Å². The zero-order valence-corrected chi connectivity index (χ0v) is 12.0. The molecule has 2 aliphatic rings. The van der Waals surface area contributed by atoms with E-state index in [1.165, 1.54) is 0 Å². The highest BCUT2D eigenvalue weighted by molar-refractivity contribution is 6.32. The van der Waals surface area contributed by atoms with Crippen molar-refractivity contribution in [3.05, 3.63) is 28.8 Å². The molecule has 0 N–H and O–H groups in total. The Hall–Kier alpha value is -1.28. The minimum absolute atomic E-state index is 0.581. The van der Waals surface area contributed by atoms with Gasteiger partial charge in [0.25, 0.3) is 0 Å². The Morgan fingerprint density at radius 3 is 2.80 bits per heavy atom. The molecular formula is C15H17ClN2O2. The Balaban J connectivity index is 2.11. The van der Waals surface area contributed by atoms with Crippen molar-refractivity contribution in [2.75, 3.05) is 32.9 Å². The van der Waals surface area contributed by atoms with E-state index in [2.05, 4.69) is 11.0 Å². The first-order chi connectivity index (χ1) is 9.78. The molecule has 1 aromatic rings. The summed E-state index contributed by atoms with van der Waals surface area (Å²) in [7, 11) is 0. The molecular weight excluding hydrogens is 276 g/mol. The van der Waals surface area contributed by atoms with Crippen molar-refractivity contribution in [3.8, 4) is 11.8 Å². The van der Waals surface area contributed by atoms with Crippen LogP contribution < -0.4 is 4.74 Å². The first kappa shape index (κ1) is 13.7. The van der Waals surface area contributed by atoms with E-state index in [-0.39, 0.29) is 0 Å². The van der Waals surface area contributed by atoms with Gasteiger partial charge in [-0.2, -0.15) is 5.26 Å². The van der Waals surface area contributed by atoms with Crippen molar-refractivity contribution >= 4 is 11.6 Å². The number of benzene rings is 1. The number of nitrogens with zero attached hydrogens (tertiary/aromatic N) is 2.